The molecule has 2 rings (SSSR count). The minimum Gasteiger partial charge on any atom is -0.478 e. The van der Waals surface area contributed by atoms with Crippen molar-refractivity contribution in [1.29, 1.82) is 0 Å². The highest BCUT2D eigenvalue weighted by Crippen LogP contribution is 2.23. The molecule has 122 valence electrons. The highest BCUT2D eigenvalue weighted by Gasteiger charge is 2.26. The molecule has 0 unspecified atom stereocenters. The summed E-state index contributed by atoms with van der Waals surface area (Å²) in [5.74, 6) is -0.977. The molecule has 1 amide bonds. The Morgan fingerprint density at radius 2 is 2.05 bits per heavy atom. The maximum atomic E-state index is 12.1. The number of rotatable bonds is 2. The molecular weight excluding hydrogens is 286 g/mol. The molecule has 1 aromatic heterocycles. The fourth-order valence-corrected chi connectivity index (χ4v) is 2.50. The van der Waals surface area contributed by atoms with Crippen molar-refractivity contribution in [3.63, 3.8) is 0 Å². The molecule has 0 spiro atoms. The van der Waals surface area contributed by atoms with Crippen LogP contribution in [0.2, 0.25) is 0 Å². The van der Waals surface area contributed by atoms with Crippen molar-refractivity contribution in [2.45, 2.75) is 51.7 Å². The van der Waals surface area contributed by atoms with Crippen LogP contribution in [-0.2, 0) is 4.74 Å². The maximum Gasteiger partial charge on any atom is 0.410 e. The normalized spacial score (nSPS) is 19.6. The van der Waals surface area contributed by atoms with Crippen LogP contribution in [0, 0.1) is 0 Å². The maximum absolute atomic E-state index is 12.1. The highest BCUT2D eigenvalue weighted by molar-refractivity contribution is 5.86. The smallest absolute Gasteiger partial charge is 0.410 e. The molecule has 1 aliphatic rings. The second-order valence-electron chi connectivity index (χ2n) is 6.57. The van der Waals surface area contributed by atoms with E-state index in [0.717, 1.165) is 19.3 Å². The first-order chi connectivity index (χ1) is 10.3. The van der Waals surface area contributed by atoms with Gasteiger partial charge in [0.25, 0.3) is 0 Å². The van der Waals surface area contributed by atoms with Gasteiger partial charge in [-0.15, -0.1) is 0 Å². The van der Waals surface area contributed by atoms with Gasteiger partial charge in [0.05, 0.1) is 17.8 Å². The van der Waals surface area contributed by atoms with Crippen molar-refractivity contribution in [1.82, 2.24) is 14.7 Å². The Morgan fingerprint density at radius 3 is 2.64 bits per heavy atom. The fourth-order valence-electron chi connectivity index (χ4n) is 2.50. The summed E-state index contributed by atoms with van der Waals surface area (Å²) in [5, 5.41) is 13.1. The van der Waals surface area contributed by atoms with Crippen LogP contribution in [0.25, 0.3) is 0 Å². The summed E-state index contributed by atoms with van der Waals surface area (Å²) in [7, 11) is 0. The predicted molar refractivity (Wildman–Crippen MR) is 79.9 cm³/mol. The molecule has 0 aliphatic carbocycles. The van der Waals surface area contributed by atoms with E-state index < -0.39 is 11.6 Å². The number of aromatic carboxylic acids is 1. The van der Waals surface area contributed by atoms with Crippen LogP contribution in [-0.4, -0.2) is 50.5 Å². The van der Waals surface area contributed by atoms with Gasteiger partial charge in [-0.25, -0.2) is 9.59 Å². The van der Waals surface area contributed by atoms with E-state index in [-0.39, 0.29) is 17.7 Å². The minimum absolute atomic E-state index is 0.112. The Morgan fingerprint density at radius 1 is 1.32 bits per heavy atom. The van der Waals surface area contributed by atoms with Crippen LogP contribution in [0.1, 0.15) is 56.4 Å². The van der Waals surface area contributed by atoms with E-state index in [1.807, 2.05) is 20.8 Å². The third-order valence-electron chi connectivity index (χ3n) is 3.57. The zero-order valence-corrected chi connectivity index (χ0v) is 13.3. The first-order valence-corrected chi connectivity index (χ1v) is 7.51. The van der Waals surface area contributed by atoms with Gasteiger partial charge in [0.2, 0.25) is 0 Å². The Kier molecular flexibility index (Phi) is 4.73. The average molecular weight is 309 g/mol. The SMILES string of the molecule is CC(C)(C)OC(=O)N1CCC[C@@H](n2cc(C(=O)O)cn2)CC1. The van der Waals surface area contributed by atoms with Crippen LogP contribution >= 0.6 is 0 Å². The van der Waals surface area contributed by atoms with Gasteiger partial charge < -0.3 is 14.7 Å². The molecule has 7 heteroatoms. The molecule has 1 aliphatic heterocycles. The van der Waals surface area contributed by atoms with Gasteiger partial charge in [-0.2, -0.15) is 5.10 Å². The van der Waals surface area contributed by atoms with Gasteiger partial charge in [-0.05, 0) is 40.0 Å². The molecule has 1 fully saturated rings. The molecule has 0 bridgehead atoms. The van der Waals surface area contributed by atoms with Crippen molar-refractivity contribution in [3.05, 3.63) is 18.0 Å². The molecule has 0 saturated carbocycles. The van der Waals surface area contributed by atoms with E-state index in [9.17, 15) is 9.59 Å². The van der Waals surface area contributed by atoms with Gasteiger partial charge in [0.15, 0.2) is 0 Å². The number of carbonyl (C=O) groups is 2. The van der Waals surface area contributed by atoms with E-state index in [1.54, 1.807) is 15.8 Å². The van der Waals surface area contributed by atoms with Crippen molar-refractivity contribution in [2.75, 3.05) is 13.1 Å². The fraction of sp³-hybridized carbons (Fsp3) is 0.667. The highest BCUT2D eigenvalue weighted by atomic mass is 16.6. The number of aromatic nitrogens is 2. The molecule has 0 radical (unpaired) electrons. The molecular formula is C15H23N3O4. The Hall–Kier alpha value is -2.05. The van der Waals surface area contributed by atoms with Gasteiger partial charge in [-0.3, -0.25) is 4.68 Å². The molecule has 22 heavy (non-hydrogen) atoms. The zero-order chi connectivity index (χ0) is 16.3. The minimum atomic E-state index is -0.977. The summed E-state index contributed by atoms with van der Waals surface area (Å²) < 4.78 is 7.09. The first kappa shape index (κ1) is 16.3. The van der Waals surface area contributed by atoms with Gasteiger partial charge in [0, 0.05) is 19.3 Å². The summed E-state index contributed by atoms with van der Waals surface area (Å²) >= 11 is 0. The van der Waals surface area contributed by atoms with Crippen molar-refractivity contribution < 1.29 is 19.4 Å². The van der Waals surface area contributed by atoms with Crippen LogP contribution in [0.15, 0.2) is 12.4 Å². The van der Waals surface area contributed by atoms with E-state index in [0.29, 0.717) is 13.1 Å². The van der Waals surface area contributed by atoms with Crippen LogP contribution < -0.4 is 0 Å². The van der Waals surface area contributed by atoms with E-state index in [2.05, 4.69) is 5.10 Å². The number of carbonyl (C=O) groups excluding carboxylic acids is 1. The summed E-state index contributed by atoms with van der Waals surface area (Å²) in [5.41, 5.74) is -0.311. The van der Waals surface area contributed by atoms with E-state index in [4.69, 9.17) is 9.84 Å². The second kappa shape index (κ2) is 6.37. The third kappa shape index (κ3) is 4.22. The number of hydrogen-bond donors (Lipinski definition) is 1. The van der Waals surface area contributed by atoms with Crippen LogP contribution in [0.3, 0.4) is 0 Å². The number of ether oxygens (including phenoxy) is 1. The Balaban J connectivity index is 1.97. The Bertz CT molecular complexity index is 547. The first-order valence-electron chi connectivity index (χ1n) is 7.51. The monoisotopic (exact) mass is 309 g/mol. The average Bonchev–Trinajstić information content (AvgIpc) is 2.75. The van der Waals surface area contributed by atoms with Crippen LogP contribution in [0.5, 0.6) is 0 Å². The number of likely N-dealkylation sites (tertiary alicyclic amines) is 1. The lowest BCUT2D eigenvalue weighted by Gasteiger charge is -2.26. The number of nitrogens with zero attached hydrogens (tertiary/aromatic N) is 3. The van der Waals surface area contributed by atoms with Gasteiger partial charge in [0.1, 0.15) is 5.60 Å². The molecule has 1 aromatic rings. The Labute approximate surface area is 129 Å². The predicted octanol–water partition coefficient (Wildman–Crippen LogP) is 2.54. The lowest BCUT2D eigenvalue weighted by molar-refractivity contribution is 0.0255. The van der Waals surface area contributed by atoms with E-state index in [1.165, 1.54) is 6.20 Å². The molecule has 0 aromatic carbocycles. The van der Waals surface area contributed by atoms with Crippen molar-refractivity contribution in [3.8, 4) is 0 Å². The molecule has 2 heterocycles. The van der Waals surface area contributed by atoms with Gasteiger partial charge in [-0.1, -0.05) is 0 Å². The second-order valence-corrected chi connectivity index (χ2v) is 6.57. The zero-order valence-electron chi connectivity index (χ0n) is 13.3. The molecule has 1 N–H and O–H groups in total. The number of amides is 1. The largest absolute Gasteiger partial charge is 0.478 e. The van der Waals surface area contributed by atoms with Crippen LogP contribution in [0.4, 0.5) is 4.79 Å². The molecule has 1 atom stereocenters. The molecule has 1 saturated heterocycles. The van der Waals surface area contributed by atoms with Crippen molar-refractivity contribution >= 4 is 12.1 Å². The lowest BCUT2D eigenvalue weighted by atomic mass is 10.1. The summed E-state index contributed by atoms with van der Waals surface area (Å²) in [6, 6.07) is 0.112. The summed E-state index contributed by atoms with van der Waals surface area (Å²) in [6.45, 7) is 6.79. The quantitative estimate of drug-likeness (QED) is 0.907. The summed E-state index contributed by atoms with van der Waals surface area (Å²) in [6.07, 6.45) is 5.06. The van der Waals surface area contributed by atoms with Crippen molar-refractivity contribution in [2.24, 2.45) is 0 Å². The lowest BCUT2D eigenvalue weighted by Crippen LogP contribution is -2.37. The summed E-state index contributed by atoms with van der Waals surface area (Å²) in [4.78, 5) is 24.7. The number of hydrogen-bond acceptors (Lipinski definition) is 4. The standard InChI is InChI=1S/C15H23N3O4/c1-15(2,3)22-14(21)17-7-4-5-12(6-8-17)18-10-11(9-16-18)13(19)20/h9-10,12H,4-8H2,1-3H3,(H,19,20)/t12-/m1/s1. The molecule has 7 nitrogen and oxygen atoms in total. The number of carboxylic acid groups (broad SMARTS) is 1. The van der Waals surface area contributed by atoms with Gasteiger partial charge >= 0.3 is 12.1 Å². The topological polar surface area (TPSA) is 84.7 Å². The third-order valence-corrected chi connectivity index (χ3v) is 3.57. The number of carboxylic acids is 1. The van der Waals surface area contributed by atoms with E-state index >= 15 is 0 Å².